The van der Waals surface area contributed by atoms with Crippen LogP contribution in [0.25, 0.3) is 0 Å². The summed E-state index contributed by atoms with van der Waals surface area (Å²) in [6.45, 7) is 1.10. The van der Waals surface area contributed by atoms with E-state index >= 15 is 0 Å². The van der Waals surface area contributed by atoms with Crippen molar-refractivity contribution in [2.45, 2.75) is 12.8 Å². The molecule has 0 fully saturated rings. The maximum absolute atomic E-state index is 4.15. The van der Waals surface area contributed by atoms with Gasteiger partial charge in [0.15, 0.2) is 0 Å². The van der Waals surface area contributed by atoms with Crippen LogP contribution in [0.15, 0.2) is 12.4 Å². The Bertz CT molecular complexity index is 273. The van der Waals surface area contributed by atoms with E-state index in [2.05, 4.69) is 32.9 Å². The van der Waals surface area contributed by atoms with Gasteiger partial charge in [0.05, 0.1) is 9.26 Å². The summed E-state index contributed by atoms with van der Waals surface area (Å²) in [7, 11) is 0. The molecule has 2 heterocycles. The Hall–Kier alpha value is -0.320. The van der Waals surface area contributed by atoms with Crippen LogP contribution in [-0.2, 0) is 6.42 Å². The number of aromatic nitrogens is 1. The van der Waals surface area contributed by atoms with E-state index in [0.717, 1.165) is 6.54 Å². The van der Waals surface area contributed by atoms with Gasteiger partial charge in [0.25, 0.3) is 0 Å². The van der Waals surface area contributed by atoms with Gasteiger partial charge in [-0.2, -0.15) is 0 Å². The molecule has 1 aliphatic heterocycles. The van der Waals surface area contributed by atoms with Crippen molar-refractivity contribution in [3.05, 3.63) is 21.5 Å². The van der Waals surface area contributed by atoms with Crippen LogP contribution in [0.1, 0.15) is 12.0 Å². The van der Waals surface area contributed by atoms with Gasteiger partial charge >= 0.3 is 0 Å². The fourth-order valence-electron chi connectivity index (χ4n) is 1.35. The average Bonchev–Trinajstić information content (AvgIpc) is 2.06. The Balaban J connectivity index is 2.49. The van der Waals surface area contributed by atoms with Crippen molar-refractivity contribution in [3.8, 4) is 0 Å². The highest BCUT2D eigenvalue weighted by Gasteiger charge is 2.10. The molecule has 2 rings (SSSR count). The third kappa shape index (κ3) is 1.34. The minimum atomic E-state index is 1.10. The van der Waals surface area contributed by atoms with E-state index in [1.165, 1.54) is 27.7 Å². The van der Waals surface area contributed by atoms with E-state index < -0.39 is 0 Å². The second kappa shape index (κ2) is 2.97. The van der Waals surface area contributed by atoms with E-state index in [9.17, 15) is 0 Å². The van der Waals surface area contributed by atoms with Gasteiger partial charge in [-0.1, -0.05) is 0 Å². The molecule has 0 amide bonds. The lowest BCUT2D eigenvalue weighted by molar-refractivity contribution is 0.822. The maximum Gasteiger partial charge on any atom is 0.0548 e. The third-order valence-electron chi connectivity index (χ3n) is 1.90. The molecule has 0 atom stereocenters. The number of nitrogens with one attached hydrogen (secondary N) is 1. The van der Waals surface area contributed by atoms with Gasteiger partial charge in [-0.15, -0.1) is 0 Å². The van der Waals surface area contributed by atoms with Crippen molar-refractivity contribution >= 4 is 28.3 Å². The summed E-state index contributed by atoms with van der Waals surface area (Å²) in [4.78, 5) is 4.15. The summed E-state index contributed by atoms with van der Waals surface area (Å²) in [6.07, 6.45) is 6.27. The lowest BCUT2D eigenvalue weighted by Gasteiger charge is -2.18. The van der Waals surface area contributed by atoms with Gasteiger partial charge in [-0.05, 0) is 41.0 Å². The first-order chi connectivity index (χ1) is 5.38. The van der Waals surface area contributed by atoms with Gasteiger partial charge in [-0.3, -0.25) is 4.98 Å². The summed E-state index contributed by atoms with van der Waals surface area (Å²) in [6, 6.07) is 0. The molecule has 2 nitrogen and oxygen atoms in total. The zero-order valence-corrected chi connectivity index (χ0v) is 8.26. The number of halogens is 1. The molecule has 1 aromatic heterocycles. The largest absolute Gasteiger partial charge is 0.384 e. The topological polar surface area (TPSA) is 24.9 Å². The fourth-order valence-corrected chi connectivity index (χ4v) is 2.05. The van der Waals surface area contributed by atoms with Gasteiger partial charge in [0.2, 0.25) is 0 Å². The number of anilines is 1. The van der Waals surface area contributed by atoms with Crippen molar-refractivity contribution in [1.82, 2.24) is 4.98 Å². The first kappa shape index (κ1) is 7.34. The fraction of sp³-hybridized carbons (Fsp3) is 0.375. The molecule has 1 aliphatic rings. The molecule has 0 unspecified atom stereocenters. The van der Waals surface area contributed by atoms with Gasteiger partial charge in [0.1, 0.15) is 0 Å². The van der Waals surface area contributed by atoms with Gasteiger partial charge < -0.3 is 5.32 Å². The van der Waals surface area contributed by atoms with Crippen molar-refractivity contribution < 1.29 is 0 Å². The average molecular weight is 260 g/mol. The number of pyridine rings is 1. The molecular weight excluding hydrogens is 251 g/mol. The molecule has 1 N–H and O–H groups in total. The molecule has 0 aromatic carbocycles. The molecule has 11 heavy (non-hydrogen) atoms. The van der Waals surface area contributed by atoms with Gasteiger partial charge in [-0.25, -0.2) is 0 Å². The Kier molecular flexibility index (Phi) is 1.98. The Morgan fingerprint density at radius 2 is 2.36 bits per heavy atom. The molecule has 0 bridgehead atoms. The number of nitrogens with zero attached hydrogens (tertiary/aromatic N) is 1. The van der Waals surface area contributed by atoms with Crippen molar-refractivity contribution in [2.75, 3.05) is 11.9 Å². The lowest BCUT2D eigenvalue weighted by Crippen LogP contribution is -2.13. The minimum Gasteiger partial charge on any atom is -0.384 e. The Morgan fingerprint density at radius 1 is 1.45 bits per heavy atom. The number of hydrogen-bond donors (Lipinski definition) is 1. The van der Waals surface area contributed by atoms with Gasteiger partial charge in [0, 0.05) is 18.9 Å². The second-order valence-electron chi connectivity index (χ2n) is 2.69. The summed E-state index contributed by atoms with van der Waals surface area (Å²) < 4.78 is 1.24. The molecule has 58 valence electrons. The number of rotatable bonds is 0. The number of aryl methyl sites for hydroxylation is 1. The van der Waals surface area contributed by atoms with Crippen LogP contribution in [0, 0.1) is 3.57 Å². The van der Waals surface area contributed by atoms with Crippen LogP contribution in [0.3, 0.4) is 0 Å². The first-order valence-electron chi connectivity index (χ1n) is 3.74. The standard InChI is InChI=1S/C8H9IN2/c9-7-5-10-4-6-2-1-3-11-8(6)7/h4-5,11H,1-3H2. The van der Waals surface area contributed by atoms with Crippen molar-refractivity contribution in [1.29, 1.82) is 0 Å². The SMILES string of the molecule is Ic1cncc2c1NCCC2. The highest BCUT2D eigenvalue weighted by molar-refractivity contribution is 14.1. The molecule has 0 saturated heterocycles. The second-order valence-corrected chi connectivity index (χ2v) is 3.85. The number of hydrogen-bond acceptors (Lipinski definition) is 2. The van der Waals surface area contributed by atoms with Crippen molar-refractivity contribution in [2.24, 2.45) is 0 Å². The van der Waals surface area contributed by atoms with E-state index in [-0.39, 0.29) is 0 Å². The van der Waals surface area contributed by atoms with E-state index in [0.29, 0.717) is 0 Å². The molecule has 0 radical (unpaired) electrons. The highest BCUT2D eigenvalue weighted by atomic mass is 127. The predicted octanol–water partition coefficient (Wildman–Crippen LogP) is 2.04. The quantitative estimate of drug-likeness (QED) is 0.722. The summed E-state index contributed by atoms with van der Waals surface area (Å²) in [5, 5.41) is 3.38. The first-order valence-corrected chi connectivity index (χ1v) is 4.82. The highest BCUT2D eigenvalue weighted by Crippen LogP contribution is 2.25. The van der Waals surface area contributed by atoms with Crippen LogP contribution in [0.2, 0.25) is 0 Å². The molecule has 1 aromatic rings. The zero-order valence-electron chi connectivity index (χ0n) is 6.10. The smallest absolute Gasteiger partial charge is 0.0548 e. The summed E-state index contributed by atoms with van der Waals surface area (Å²) in [5.74, 6) is 0. The van der Waals surface area contributed by atoms with Crippen LogP contribution in [-0.4, -0.2) is 11.5 Å². The molecule has 3 heteroatoms. The van der Waals surface area contributed by atoms with Crippen LogP contribution < -0.4 is 5.32 Å². The zero-order chi connectivity index (χ0) is 7.68. The molecule has 0 aliphatic carbocycles. The maximum atomic E-state index is 4.15. The minimum absolute atomic E-state index is 1.10. The summed E-state index contributed by atoms with van der Waals surface area (Å²) in [5.41, 5.74) is 2.66. The van der Waals surface area contributed by atoms with E-state index in [1.54, 1.807) is 0 Å². The normalized spacial score (nSPS) is 15.4. The predicted molar refractivity (Wildman–Crippen MR) is 53.8 cm³/mol. The molecular formula is C8H9IN2. The third-order valence-corrected chi connectivity index (χ3v) is 2.72. The van der Waals surface area contributed by atoms with Crippen LogP contribution in [0.4, 0.5) is 5.69 Å². The molecule has 0 spiro atoms. The monoisotopic (exact) mass is 260 g/mol. The van der Waals surface area contributed by atoms with Crippen LogP contribution in [0.5, 0.6) is 0 Å². The van der Waals surface area contributed by atoms with E-state index in [1.807, 2.05) is 12.4 Å². The lowest BCUT2D eigenvalue weighted by atomic mass is 10.1. The summed E-state index contributed by atoms with van der Waals surface area (Å²) >= 11 is 2.32. The number of fused-ring (bicyclic) bond motifs is 1. The van der Waals surface area contributed by atoms with Crippen LogP contribution >= 0.6 is 22.6 Å². The van der Waals surface area contributed by atoms with E-state index in [4.69, 9.17) is 0 Å². The Labute approximate surface area is 79.6 Å². The van der Waals surface area contributed by atoms with Crippen molar-refractivity contribution in [3.63, 3.8) is 0 Å². The Morgan fingerprint density at radius 3 is 3.18 bits per heavy atom. The molecule has 0 saturated carbocycles.